The summed E-state index contributed by atoms with van der Waals surface area (Å²) < 4.78 is 0. The minimum absolute atomic E-state index is 0.824. The Morgan fingerprint density at radius 2 is 2.43 bits per heavy atom. The Morgan fingerprint density at radius 3 is 3.00 bits per heavy atom. The van der Waals surface area contributed by atoms with Crippen molar-refractivity contribution in [1.29, 1.82) is 0 Å². The SMILES string of the molecule is CCc1nc(CC2CCNC2)sc1C. The zero-order valence-corrected chi connectivity index (χ0v) is 9.78. The topological polar surface area (TPSA) is 24.9 Å². The summed E-state index contributed by atoms with van der Waals surface area (Å²) >= 11 is 1.89. The van der Waals surface area contributed by atoms with Crippen LogP contribution in [0.1, 0.15) is 28.9 Å². The summed E-state index contributed by atoms with van der Waals surface area (Å²) in [6.07, 6.45) is 3.57. The van der Waals surface area contributed by atoms with Gasteiger partial charge in [-0.3, -0.25) is 0 Å². The highest BCUT2D eigenvalue weighted by atomic mass is 32.1. The molecule has 1 aromatic heterocycles. The van der Waals surface area contributed by atoms with E-state index in [1.165, 1.54) is 41.5 Å². The molecule has 0 aromatic carbocycles. The van der Waals surface area contributed by atoms with Crippen LogP contribution in [-0.4, -0.2) is 18.1 Å². The van der Waals surface area contributed by atoms with Crippen LogP contribution in [0.25, 0.3) is 0 Å². The van der Waals surface area contributed by atoms with E-state index >= 15 is 0 Å². The molecular formula is C11H18N2S. The van der Waals surface area contributed by atoms with Gasteiger partial charge in [0, 0.05) is 11.3 Å². The maximum Gasteiger partial charge on any atom is 0.0934 e. The van der Waals surface area contributed by atoms with Crippen LogP contribution in [-0.2, 0) is 12.8 Å². The second-order valence-corrected chi connectivity index (χ2v) is 5.31. The molecule has 3 heteroatoms. The molecule has 0 aliphatic carbocycles. The van der Waals surface area contributed by atoms with Crippen molar-refractivity contribution in [3.8, 4) is 0 Å². The number of hydrogen-bond donors (Lipinski definition) is 1. The van der Waals surface area contributed by atoms with Gasteiger partial charge in [-0.2, -0.15) is 0 Å². The second kappa shape index (κ2) is 4.41. The highest BCUT2D eigenvalue weighted by Gasteiger charge is 2.17. The monoisotopic (exact) mass is 210 g/mol. The summed E-state index contributed by atoms with van der Waals surface area (Å²) in [6.45, 7) is 6.74. The average Bonchev–Trinajstić information content (AvgIpc) is 2.76. The quantitative estimate of drug-likeness (QED) is 0.827. The van der Waals surface area contributed by atoms with Crippen LogP contribution < -0.4 is 5.32 Å². The van der Waals surface area contributed by atoms with Gasteiger partial charge >= 0.3 is 0 Å². The second-order valence-electron chi connectivity index (χ2n) is 4.03. The number of aromatic nitrogens is 1. The van der Waals surface area contributed by atoms with Gasteiger partial charge in [-0.15, -0.1) is 11.3 Å². The van der Waals surface area contributed by atoms with Gasteiger partial charge in [0.25, 0.3) is 0 Å². The third-order valence-electron chi connectivity index (χ3n) is 2.90. The van der Waals surface area contributed by atoms with E-state index in [1.54, 1.807) is 0 Å². The Labute approximate surface area is 89.8 Å². The van der Waals surface area contributed by atoms with Crippen LogP contribution in [0.3, 0.4) is 0 Å². The van der Waals surface area contributed by atoms with E-state index in [-0.39, 0.29) is 0 Å². The van der Waals surface area contributed by atoms with Crippen molar-refractivity contribution < 1.29 is 0 Å². The number of hydrogen-bond acceptors (Lipinski definition) is 3. The van der Waals surface area contributed by atoms with Crippen molar-refractivity contribution in [1.82, 2.24) is 10.3 Å². The van der Waals surface area contributed by atoms with Crippen molar-refractivity contribution in [3.63, 3.8) is 0 Å². The third kappa shape index (κ3) is 2.15. The lowest BCUT2D eigenvalue weighted by Gasteiger charge is -2.03. The molecule has 2 heterocycles. The number of nitrogens with zero attached hydrogens (tertiary/aromatic N) is 1. The van der Waals surface area contributed by atoms with Gasteiger partial charge in [-0.25, -0.2) is 4.98 Å². The Balaban J connectivity index is 2.01. The minimum atomic E-state index is 0.824. The van der Waals surface area contributed by atoms with Crippen molar-refractivity contribution in [2.24, 2.45) is 5.92 Å². The minimum Gasteiger partial charge on any atom is -0.316 e. The lowest BCUT2D eigenvalue weighted by atomic mass is 10.1. The summed E-state index contributed by atoms with van der Waals surface area (Å²) in [6, 6.07) is 0. The molecule has 78 valence electrons. The van der Waals surface area contributed by atoms with Crippen LogP contribution in [0.15, 0.2) is 0 Å². The van der Waals surface area contributed by atoms with Crippen LogP contribution >= 0.6 is 11.3 Å². The number of nitrogens with one attached hydrogen (secondary N) is 1. The maximum atomic E-state index is 4.68. The lowest BCUT2D eigenvalue weighted by Crippen LogP contribution is -2.10. The zero-order chi connectivity index (χ0) is 9.97. The van der Waals surface area contributed by atoms with Crippen molar-refractivity contribution >= 4 is 11.3 Å². The first-order valence-corrected chi connectivity index (χ1v) is 6.27. The normalized spacial score (nSPS) is 21.7. The van der Waals surface area contributed by atoms with Gasteiger partial charge in [0.05, 0.1) is 10.7 Å². The molecule has 2 rings (SSSR count). The number of aryl methyl sites for hydroxylation is 2. The standard InChI is InChI=1S/C11H18N2S/c1-3-10-8(2)14-11(13-10)6-9-4-5-12-7-9/h9,12H,3-7H2,1-2H3. The molecule has 0 spiro atoms. The van der Waals surface area contributed by atoms with Gasteiger partial charge < -0.3 is 5.32 Å². The highest BCUT2D eigenvalue weighted by molar-refractivity contribution is 7.11. The fraction of sp³-hybridized carbons (Fsp3) is 0.727. The molecule has 0 bridgehead atoms. The van der Waals surface area contributed by atoms with E-state index in [2.05, 4.69) is 24.1 Å². The Kier molecular flexibility index (Phi) is 3.19. The molecule has 1 aliphatic heterocycles. The van der Waals surface area contributed by atoms with E-state index in [0.29, 0.717) is 0 Å². The van der Waals surface area contributed by atoms with Crippen LogP contribution in [0.4, 0.5) is 0 Å². The fourth-order valence-electron chi connectivity index (χ4n) is 2.04. The number of rotatable bonds is 3. The predicted molar refractivity (Wildman–Crippen MR) is 60.9 cm³/mol. The lowest BCUT2D eigenvalue weighted by molar-refractivity contribution is 0.577. The van der Waals surface area contributed by atoms with E-state index in [9.17, 15) is 0 Å². The summed E-state index contributed by atoms with van der Waals surface area (Å²) in [5, 5.41) is 4.75. The molecule has 2 nitrogen and oxygen atoms in total. The molecule has 1 saturated heterocycles. The van der Waals surface area contributed by atoms with E-state index < -0.39 is 0 Å². The molecule has 0 saturated carbocycles. The summed E-state index contributed by atoms with van der Waals surface area (Å²) in [5.41, 5.74) is 1.30. The Morgan fingerprint density at radius 1 is 1.57 bits per heavy atom. The highest BCUT2D eigenvalue weighted by Crippen LogP contribution is 2.22. The summed E-state index contributed by atoms with van der Waals surface area (Å²) in [4.78, 5) is 6.09. The molecule has 1 atom stereocenters. The van der Waals surface area contributed by atoms with Crippen molar-refractivity contribution in [2.75, 3.05) is 13.1 Å². The smallest absolute Gasteiger partial charge is 0.0934 e. The maximum absolute atomic E-state index is 4.68. The molecule has 0 amide bonds. The molecule has 1 N–H and O–H groups in total. The van der Waals surface area contributed by atoms with Gasteiger partial charge in [-0.1, -0.05) is 6.92 Å². The van der Waals surface area contributed by atoms with Gasteiger partial charge in [0.1, 0.15) is 0 Å². The van der Waals surface area contributed by atoms with Crippen LogP contribution in [0, 0.1) is 12.8 Å². The zero-order valence-electron chi connectivity index (χ0n) is 8.97. The molecule has 1 aromatic rings. The molecular weight excluding hydrogens is 192 g/mol. The van der Waals surface area contributed by atoms with Gasteiger partial charge in [0.15, 0.2) is 0 Å². The first-order valence-electron chi connectivity index (χ1n) is 5.45. The Hall–Kier alpha value is -0.410. The van der Waals surface area contributed by atoms with E-state index in [4.69, 9.17) is 0 Å². The third-order valence-corrected chi connectivity index (χ3v) is 3.93. The van der Waals surface area contributed by atoms with Crippen LogP contribution in [0.2, 0.25) is 0 Å². The van der Waals surface area contributed by atoms with Crippen molar-refractivity contribution in [2.45, 2.75) is 33.1 Å². The largest absolute Gasteiger partial charge is 0.316 e. The van der Waals surface area contributed by atoms with E-state index in [1.807, 2.05) is 11.3 Å². The molecule has 14 heavy (non-hydrogen) atoms. The Bertz CT molecular complexity index is 300. The summed E-state index contributed by atoms with van der Waals surface area (Å²) in [5.74, 6) is 0.824. The van der Waals surface area contributed by atoms with Gasteiger partial charge in [0.2, 0.25) is 0 Å². The first-order chi connectivity index (χ1) is 6.79. The number of thiazole rings is 1. The fourth-order valence-corrected chi connectivity index (χ4v) is 3.17. The average molecular weight is 210 g/mol. The molecule has 1 aliphatic rings. The van der Waals surface area contributed by atoms with Crippen molar-refractivity contribution in [3.05, 3.63) is 15.6 Å². The summed E-state index contributed by atoms with van der Waals surface area (Å²) in [7, 11) is 0. The van der Waals surface area contributed by atoms with E-state index in [0.717, 1.165) is 12.3 Å². The van der Waals surface area contributed by atoms with Gasteiger partial charge in [-0.05, 0) is 38.8 Å². The first kappa shape index (κ1) is 10.1. The predicted octanol–water partition coefficient (Wildman–Crippen LogP) is 2.17. The van der Waals surface area contributed by atoms with Crippen LogP contribution in [0.5, 0.6) is 0 Å². The molecule has 1 fully saturated rings. The molecule has 1 unspecified atom stereocenters. The molecule has 0 radical (unpaired) electrons.